The van der Waals surface area contributed by atoms with Crippen LogP contribution in [0.5, 0.6) is 11.5 Å². The number of fused-ring (bicyclic) bond motifs is 1. The molecule has 2 amide bonds. The van der Waals surface area contributed by atoms with Gasteiger partial charge < -0.3 is 18.9 Å². The Morgan fingerprint density at radius 1 is 1.17 bits per heavy atom. The molecule has 2 aliphatic rings. The maximum atomic E-state index is 13.4. The van der Waals surface area contributed by atoms with Crippen molar-refractivity contribution in [2.45, 2.75) is 59.1 Å². The van der Waals surface area contributed by atoms with Gasteiger partial charge >= 0.3 is 12.1 Å². The summed E-state index contributed by atoms with van der Waals surface area (Å²) < 4.78 is 21.3. The number of cyclic esters (lactones) is 1. The third kappa shape index (κ3) is 5.04. The summed E-state index contributed by atoms with van der Waals surface area (Å²) in [6, 6.07) is 5.03. The van der Waals surface area contributed by atoms with E-state index in [4.69, 9.17) is 18.9 Å². The Hall–Kier alpha value is -2.77. The molecule has 0 spiro atoms. The molecule has 3 rings (SSSR count). The maximum absolute atomic E-state index is 13.4. The van der Waals surface area contributed by atoms with Crippen LogP contribution in [0.2, 0.25) is 0 Å². The van der Waals surface area contributed by atoms with Gasteiger partial charge in [-0.1, -0.05) is 19.9 Å². The van der Waals surface area contributed by atoms with Gasteiger partial charge in [0, 0.05) is 0 Å². The maximum Gasteiger partial charge on any atom is 0.416 e. The molecule has 2 atom stereocenters. The molecular formula is C22H29NO7. The first-order valence-electron chi connectivity index (χ1n) is 10.2. The third-order valence-electron chi connectivity index (χ3n) is 5.01. The molecule has 1 aromatic rings. The minimum atomic E-state index is -0.771. The fourth-order valence-corrected chi connectivity index (χ4v) is 3.56. The number of rotatable bonds is 6. The summed E-state index contributed by atoms with van der Waals surface area (Å²) in [6.07, 6.45) is -0.554. The molecule has 0 aromatic heterocycles. The van der Waals surface area contributed by atoms with E-state index in [1.807, 2.05) is 19.9 Å². The first kappa shape index (κ1) is 21.9. The number of ether oxygens (including phenoxy) is 4. The molecule has 8 heteroatoms. The topological polar surface area (TPSA) is 91.4 Å². The lowest BCUT2D eigenvalue weighted by atomic mass is 9.93. The monoisotopic (exact) mass is 419 g/mol. The Balaban J connectivity index is 1.84. The summed E-state index contributed by atoms with van der Waals surface area (Å²) in [7, 11) is 0. The van der Waals surface area contributed by atoms with Crippen molar-refractivity contribution in [2.24, 2.45) is 11.8 Å². The number of carbonyl (C=O) groups excluding carboxylic acids is 3. The zero-order valence-electron chi connectivity index (χ0n) is 18.1. The molecule has 2 aliphatic heterocycles. The second-order valence-electron chi connectivity index (χ2n) is 8.98. The molecule has 0 N–H and O–H groups in total. The van der Waals surface area contributed by atoms with Crippen LogP contribution in [0.4, 0.5) is 4.79 Å². The van der Waals surface area contributed by atoms with Gasteiger partial charge in [0.2, 0.25) is 12.7 Å². The number of amides is 2. The third-order valence-corrected chi connectivity index (χ3v) is 5.01. The van der Waals surface area contributed by atoms with Crippen LogP contribution in [-0.2, 0) is 25.5 Å². The van der Waals surface area contributed by atoms with E-state index in [1.54, 1.807) is 32.9 Å². The number of carbonyl (C=O) groups is 3. The standard InChI is InChI=1S/C22H29NO7/c1-13(2)16-11-27-21(26)23(16)20(25)15(10-19(24)30-22(3,4)5)8-14-6-7-17-18(9-14)29-12-28-17/h6-7,9,13,15-16H,8,10-12H2,1-5H3/t15-,16-/m1/s1. The largest absolute Gasteiger partial charge is 0.460 e. The first-order chi connectivity index (χ1) is 14.0. The van der Waals surface area contributed by atoms with Crippen molar-refractivity contribution in [3.63, 3.8) is 0 Å². The number of hydrogen-bond acceptors (Lipinski definition) is 7. The molecular weight excluding hydrogens is 390 g/mol. The van der Waals surface area contributed by atoms with E-state index in [0.717, 1.165) is 10.5 Å². The lowest BCUT2D eigenvalue weighted by Crippen LogP contribution is -2.46. The molecule has 8 nitrogen and oxygen atoms in total. The zero-order chi connectivity index (χ0) is 22.1. The number of esters is 1. The molecule has 0 unspecified atom stereocenters. The highest BCUT2D eigenvalue weighted by atomic mass is 16.7. The van der Waals surface area contributed by atoms with E-state index in [0.29, 0.717) is 11.5 Å². The number of imide groups is 1. The van der Waals surface area contributed by atoms with Crippen molar-refractivity contribution >= 4 is 18.0 Å². The highest BCUT2D eigenvalue weighted by Gasteiger charge is 2.43. The summed E-state index contributed by atoms with van der Waals surface area (Å²) in [4.78, 5) is 39.3. The van der Waals surface area contributed by atoms with E-state index in [1.165, 1.54) is 0 Å². The second kappa shape index (κ2) is 8.53. The van der Waals surface area contributed by atoms with Crippen molar-refractivity contribution in [1.82, 2.24) is 4.90 Å². The summed E-state index contributed by atoms with van der Waals surface area (Å²) in [5.41, 5.74) is 0.131. The van der Waals surface area contributed by atoms with Gasteiger partial charge in [0.15, 0.2) is 11.5 Å². The smallest absolute Gasteiger partial charge is 0.416 e. The Morgan fingerprint density at radius 3 is 2.53 bits per heavy atom. The van der Waals surface area contributed by atoms with Gasteiger partial charge in [-0.15, -0.1) is 0 Å². The summed E-state index contributed by atoms with van der Waals surface area (Å²) in [5.74, 6) is -0.427. The number of hydrogen-bond donors (Lipinski definition) is 0. The Kier molecular flexibility index (Phi) is 6.24. The van der Waals surface area contributed by atoms with Gasteiger partial charge in [-0.25, -0.2) is 9.69 Å². The van der Waals surface area contributed by atoms with Crippen LogP contribution in [0.15, 0.2) is 18.2 Å². The van der Waals surface area contributed by atoms with Crippen LogP contribution in [0, 0.1) is 11.8 Å². The summed E-state index contributed by atoms with van der Waals surface area (Å²) >= 11 is 0. The quantitative estimate of drug-likeness (QED) is 0.653. The van der Waals surface area contributed by atoms with Gasteiger partial charge in [0.05, 0.1) is 18.4 Å². The predicted octanol–water partition coefficient (Wildman–Crippen LogP) is 3.31. The van der Waals surface area contributed by atoms with Crippen molar-refractivity contribution in [3.8, 4) is 11.5 Å². The van der Waals surface area contributed by atoms with Crippen LogP contribution < -0.4 is 9.47 Å². The molecule has 0 bridgehead atoms. The molecule has 2 heterocycles. The van der Waals surface area contributed by atoms with Gasteiger partial charge in [-0.3, -0.25) is 9.59 Å². The minimum Gasteiger partial charge on any atom is -0.460 e. The Bertz CT molecular complexity index is 827. The van der Waals surface area contributed by atoms with E-state index < -0.39 is 29.5 Å². The van der Waals surface area contributed by atoms with Crippen molar-refractivity contribution < 1.29 is 33.3 Å². The fraction of sp³-hybridized carbons (Fsp3) is 0.591. The predicted molar refractivity (Wildman–Crippen MR) is 107 cm³/mol. The van der Waals surface area contributed by atoms with Crippen molar-refractivity contribution in [3.05, 3.63) is 23.8 Å². The molecule has 0 aliphatic carbocycles. The molecule has 164 valence electrons. The van der Waals surface area contributed by atoms with Crippen molar-refractivity contribution in [2.75, 3.05) is 13.4 Å². The highest BCUT2D eigenvalue weighted by Crippen LogP contribution is 2.34. The second-order valence-corrected chi connectivity index (χ2v) is 8.98. The van der Waals surface area contributed by atoms with Crippen LogP contribution in [0.25, 0.3) is 0 Å². The minimum absolute atomic E-state index is 0.0353. The lowest BCUT2D eigenvalue weighted by Gasteiger charge is -2.27. The van der Waals surface area contributed by atoms with E-state index in [9.17, 15) is 14.4 Å². The van der Waals surface area contributed by atoms with E-state index >= 15 is 0 Å². The molecule has 1 fully saturated rings. The first-order valence-corrected chi connectivity index (χ1v) is 10.2. The van der Waals surface area contributed by atoms with Crippen LogP contribution in [-0.4, -0.2) is 47.9 Å². The van der Waals surface area contributed by atoms with Crippen molar-refractivity contribution in [1.29, 1.82) is 0 Å². The van der Waals surface area contributed by atoms with E-state index in [2.05, 4.69) is 0 Å². The number of nitrogens with zero attached hydrogens (tertiary/aromatic N) is 1. The molecule has 30 heavy (non-hydrogen) atoms. The van der Waals surface area contributed by atoms with Gasteiger partial charge in [-0.2, -0.15) is 0 Å². The fourth-order valence-electron chi connectivity index (χ4n) is 3.56. The van der Waals surface area contributed by atoms with Crippen LogP contribution in [0.1, 0.15) is 46.6 Å². The van der Waals surface area contributed by atoms with Crippen LogP contribution in [0.3, 0.4) is 0 Å². The Labute approximate surface area is 176 Å². The average molecular weight is 419 g/mol. The summed E-state index contributed by atoms with van der Waals surface area (Å²) in [6.45, 7) is 9.46. The number of benzene rings is 1. The Morgan fingerprint density at radius 2 is 1.87 bits per heavy atom. The van der Waals surface area contributed by atoms with Gasteiger partial charge in [0.25, 0.3) is 0 Å². The van der Waals surface area contributed by atoms with E-state index in [-0.39, 0.29) is 38.2 Å². The normalized spacial score (nSPS) is 19.1. The summed E-state index contributed by atoms with van der Waals surface area (Å²) in [5, 5.41) is 0. The molecule has 1 aromatic carbocycles. The SMILES string of the molecule is CC(C)[C@H]1COC(=O)N1C(=O)[C@@H](CC(=O)OC(C)(C)C)Cc1ccc2c(c1)OCO2. The van der Waals surface area contributed by atoms with Gasteiger partial charge in [0.1, 0.15) is 12.2 Å². The molecule has 0 saturated carbocycles. The lowest BCUT2D eigenvalue weighted by molar-refractivity contribution is -0.158. The van der Waals surface area contributed by atoms with Gasteiger partial charge in [-0.05, 0) is 50.8 Å². The zero-order valence-corrected chi connectivity index (χ0v) is 18.1. The van der Waals surface area contributed by atoms with Crippen LogP contribution >= 0.6 is 0 Å². The molecule has 0 radical (unpaired) electrons. The average Bonchev–Trinajstić information content (AvgIpc) is 3.24. The highest BCUT2D eigenvalue weighted by molar-refractivity contribution is 5.96. The molecule has 1 saturated heterocycles.